The number of halogens is 1. The average molecular weight is 486 g/mol. The number of sulfonamides is 1. The van der Waals surface area contributed by atoms with Crippen LogP contribution < -0.4 is 0 Å². The largest absolute Gasteiger partial charge is 0.243 e. The highest BCUT2D eigenvalue weighted by atomic mass is 35.5. The molecule has 0 spiro atoms. The van der Waals surface area contributed by atoms with Crippen molar-refractivity contribution < 1.29 is 8.42 Å². The molecule has 2 aromatic rings. The van der Waals surface area contributed by atoms with Crippen molar-refractivity contribution in [1.82, 2.24) is 4.31 Å². The Morgan fingerprint density at radius 3 is 2.18 bits per heavy atom. The number of aryl methyl sites for hydroxylation is 1. The zero-order valence-corrected chi connectivity index (χ0v) is 21.6. The number of fused-ring (bicyclic) bond motifs is 1. The quantitative estimate of drug-likeness (QED) is 0.354. The number of unbranched alkanes of at least 4 members (excludes halogenated alkanes) is 2. The molecular weight excluding hydrogens is 450 g/mol. The summed E-state index contributed by atoms with van der Waals surface area (Å²) in [5.74, 6) is 0.514. The van der Waals surface area contributed by atoms with Crippen molar-refractivity contribution in [3.05, 3.63) is 76.3 Å². The van der Waals surface area contributed by atoms with Crippen LogP contribution in [0.25, 0.3) is 0 Å². The van der Waals surface area contributed by atoms with Crippen LogP contribution in [0, 0.1) is 18.3 Å². The van der Waals surface area contributed by atoms with Gasteiger partial charge >= 0.3 is 0 Å². The van der Waals surface area contributed by atoms with E-state index < -0.39 is 10.0 Å². The Balaban J connectivity index is 1.71. The normalized spacial score (nSPS) is 24.5. The van der Waals surface area contributed by atoms with Crippen LogP contribution in [0.1, 0.15) is 69.4 Å². The van der Waals surface area contributed by atoms with Gasteiger partial charge in [0.25, 0.3) is 0 Å². The first-order valence-electron chi connectivity index (χ1n) is 12.4. The van der Waals surface area contributed by atoms with Crippen LogP contribution >= 0.6 is 11.6 Å². The molecule has 0 aromatic heterocycles. The SMILES string of the molecule is CCCCC(CCCC)=C(Cl)[C@]12CN(S(=O)(=O)c3ccc(C)cc3)C[C@H]1[C@@H]2c1ccccc1. The van der Waals surface area contributed by atoms with Gasteiger partial charge in [-0.2, -0.15) is 4.31 Å². The van der Waals surface area contributed by atoms with Crippen molar-refractivity contribution in [3.8, 4) is 0 Å². The Labute approximate surface area is 204 Å². The Bertz CT molecular complexity index is 1080. The van der Waals surface area contributed by atoms with E-state index in [0.29, 0.717) is 18.0 Å². The molecule has 3 nitrogen and oxygen atoms in total. The van der Waals surface area contributed by atoms with Gasteiger partial charge in [0, 0.05) is 29.5 Å². The molecular formula is C28H36ClNO2S. The molecule has 2 fully saturated rings. The van der Waals surface area contributed by atoms with Crippen molar-refractivity contribution in [1.29, 1.82) is 0 Å². The van der Waals surface area contributed by atoms with Gasteiger partial charge < -0.3 is 0 Å². The van der Waals surface area contributed by atoms with Gasteiger partial charge in [-0.15, -0.1) is 0 Å². The second kappa shape index (κ2) is 9.93. The fraction of sp³-hybridized carbons (Fsp3) is 0.500. The molecule has 33 heavy (non-hydrogen) atoms. The summed E-state index contributed by atoms with van der Waals surface area (Å²) in [6.45, 7) is 7.39. The lowest BCUT2D eigenvalue weighted by molar-refractivity contribution is 0.411. The van der Waals surface area contributed by atoms with Gasteiger partial charge in [0.15, 0.2) is 0 Å². The maximum absolute atomic E-state index is 13.5. The molecule has 1 aliphatic carbocycles. The lowest BCUT2D eigenvalue weighted by Crippen LogP contribution is -2.33. The molecule has 0 amide bonds. The summed E-state index contributed by atoms with van der Waals surface area (Å²) in [5.41, 5.74) is 3.38. The first-order chi connectivity index (χ1) is 15.9. The van der Waals surface area contributed by atoms with E-state index in [0.717, 1.165) is 49.1 Å². The molecule has 178 valence electrons. The van der Waals surface area contributed by atoms with E-state index >= 15 is 0 Å². The van der Waals surface area contributed by atoms with E-state index in [9.17, 15) is 8.42 Å². The molecule has 1 heterocycles. The summed E-state index contributed by atoms with van der Waals surface area (Å²) in [5, 5.41) is 0.949. The molecule has 0 bridgehead atoms. The highest BCUT2D eigenvalue weighted by Crippen LogP contribution is 2.74. The highest BCUT2D eigenvalue weighted by Gasteiger charge is 2.72. The summed E-state index contributed by atoms with van der Waals surface area (Å²) in [4.78, 5) is 0.373. The fourth-order valence-corrected chi connectivity index (χ4v) is 7.66. The first-order valence-corrected chi connectivity index (χ1v) is 14.2. The Morgan fingerprint density at radius 1 is 1.00 bits per heavy atom. The number of rotatable bonds is 10. The van der Waals surface area contributed by atoms with Crippen LogP contribution in [0.2, 0.25) is 0 Å². The second-order valence-corrected chi connectivity index (χ2v) is 12.1. The standard InChI is InChI=1S/C28H36ClNO2S/c1-4-6-11-23(12-7-5-2)27(29)28-20-30(33(31,32)24-17-15-21(3)16-18-24)19-25(28)26(28)22-13-9-8-10-14-22/h8-10,13-18,25-26H,4-7,11-12,19-20H2,1-3H3/t25-,26-,28+/m0/s1. The van der Waals surface area contributed by atoms with Crippen molar-refractivity contribution in [2.75, 3.05) is 13.1 Å². The van der Waals surface area contributed by atoms with Crippen LogP contribution in [0.15, 0.2) is 70.1 Å². The number of nitrogens with zero attached hydrogens (tertiary/aromatic N) is 1. The monoisotopic (exact) mass is 485 g/mol. The number of benzene rings is 2. The van der Waals surface area contributed by atoms with Crippen molar-refractivity contribution in [2.24, 2.45) is 11.3 Å². The molecule has 3 atom stereocenters. The smallest absolute Gasteiger partial charge is 0.207 e. The Hall–Kier alpha value is -1.62. The predicted octanol–water partition coefficient (Wildman–Crippen LogP) is 7.27. The third-order valence-corrected chi connectivity index (χ3v) is 9.99. The van der Waals surface area contributed by atoms with E-state index in [-0.39, 0.29) is 17.3 Å². The lowest BCUT2D eigenvalue weighted by atomic mass is 9.92. The second-order valence-electron chi connectivity index (χ2n) is 9.77. The molecule has 1 saturated heterocycles. The number of hydrogen-bond donors (Lipinski definition) is 0. The molecule has 0 N–H and O–H groups in total. The zero-order valence-electron chi connectivity index (χ0n) is 20.1. The van der Waals surface area contributed by atoms with Crippen molar-refractivity contribution in [2.45, 2.75) is 70.1 Å². The summed E-state index contributed by atoms with van der Waals surface area (Å²) in [6, 6.07) is 17.7. The van der Waals surface area contributed by atoms with Crippen molar-refractivity contribution in [3.63, 3.8) is 0 Å². The topological polar surface area (TPSA) is 37.4 Å². The van der Waals surface area contributed by atoms with Crippen LogP contribution in [0.4, 0.5) is 0 Å². The lowest BCUT2D eigenvalue weighted by Gasteiger charge is -2.25. The van der Waals surface area contributed by atoms with Gasteiger partial charge in [-0.3, -0.25) is 0 Å². The fourth-order valence-electron chi connectivity index (χ4n) is 5.63. The van der Waals surface area contributed by atoms with Gasteiger partial charge in [0.2, 0.25) is 10.0 Å². The summed E-state index contributed by atoms with van der Waals surface area (Å²) >= 11 is 7.29. The summed E-state index contributed by atoms with van der Waals surface area (Å²) < 4.78 is 28.7. The van der Waals surface area contributed by atoms with Gasteiger partial charge in [-0.05, 0) is 56.2 Å². The van der Waals surface area contributed by atoms with Crippen LogP contribution in [-0.2, 0) is 10.0 Å². The minimum Gasteiger partial charge on any atom is -0.207 e. The maximum Gasteiger partial charge on any atom is 0.243 e. The van der Waals surface area contributed by atoms with Gasteiger partial charge in [-0.1, -0.05) is 91.9 Å². The predicted molar refractivity (Wildman–Crippen MR) is 137 cm³/mol. The molecule has 4 rings (SSSR count). The first kappa shape index (κ1) is 24.5. The van der Waals surface area contributed by atoms with Gasteiger partial charge in [0.05, 0.1) is 4.90 Å². The minimum absolute atomic E-state index is 0.228. The van der Waals surface area contributed by atoms with E-state index in [2.05, 4.69) is 38.1 Å². The van der Waals surface area contributed by atoms with Gasteiger partial charge in [-0.25, -0.2) is 8.42 Å². The highest BCUT2D eigenvalue weighted by molar-refractivity contribution is 7.89. The molecule has 1 aliphatic heterocycles. The summed E-state index contributed by atoms with van der Waals surface area (Å²) in [6.07, 6.45) is 6.53. The number of hydrogen-bond acceptors (Lipinski definition) is 2. The molecule has 0 radical (unpaired) electrons. The van der Waals surface area contributed by atoms with Gasteiger partial charge in [0.1, 0.15) is 0 Å². The van der Waals surface area contributed by atoms with E-state index in [4.69, 9.17) is 11.6 Å². The van der Waals surface area contributed by atoms with Crippen molar-refractivity contribution >= 4 is 21.6 Å². The van der Waals surface area contributed by atoms with E-state index in [1.807, 2.05) is 25.1 Å². The molecule has 1 saturated carbocycles. The average Bonchev–Trinajstić information content (AvgIpc) is 3.28. The van der Waals surface area contributed by atoms with Crippen LogP contribution in [-0.4, -0.2) is 25.8 Å². The third kappa shape index (κ3) is 4.54. The molecule has 5 heteroatoms. The molecule has 2 aromatic carbocycles. The zero-order chi connectivity index (χ0) is 23.6. The Morgan fingerprint density at radius 2 is 1.61 bits per heavy atom. The number of piperidine rings is 1. The third-order valence-electron chi connectivity index (χ3n) is 7.55. The Kier molecular flexibility index (Phi) is 7.38. The van der Waals surface area contributed by atoms with Crippen LogP contribution in [0.5, 0.6) is 0 Å². The van der Waals surface area contributed by atoms with E-state index in [1.54, 1.807) is 16.4 Å². The minimum atomic E-state index is -3.54. The summed E-state index contributed by atoms with van der Waals surface area (Å²) in [7, 11) is -3.54. The molecule has 0 unspecified atom stereocenters. The number of allylic oxidation sites excluding steroid dienone is 1. The maximum atomic E-state index is 13.5. The van der Waals surface area contributed by atoms with E-state index in [1.165, 1.54) is 11.1 Å². The van der Waals surface area contributed by atoms with Crippen LogP contribution in [0.3, 0.4) is 0 Å². The molecule has 2 aliphatic rings.